The number of hydrogen-bond donors (Lipinski definition) is 0. The van der Waals surface area contributed by atoms with Crippen LogP contribution in [0.15, 0.2) is 109 Å². The third-order valence-corrected chi connectivity index (χ3v) is 11.1. The summed E-state index contributed by atoms with van der Waals surface area (Å²) in [6.45, 7) is 6.39. The van der Waals surface area contributed by atoms with Crippen LogP contribution in [0.1, 0.15) is 233 Å². The summed E-state index contributed by atoms with van der Waals surface area (Å²) in [5, 5.41) is 0. The summed E-state index contributed by atoms with van der Waals surface area (Å²) in [5.74, 6) is -1.03. The molecule has 0 aliphatic carbocycles. The molecule has 6 nitrogen and oxygen atoms in total. The van der Waals surface area contributed by atoms with Crippen molar-refractivity contribution in [3.05, 3.63) is 109 Å². The van der Waals surface area contributed by atoms with Crippen molar-refractivity contribution in [2.75, 3.05) is 13.2 Å². The molecule has 0 amide bonds. The maximum Gasteiger partial charge on any atom is 0.306 e. The van der Waals surface area contributed by atoms with Gasteiger partial charge in [0.05, 0.1) is 0 Å². The summed E-state index contributed by atoms with van der Waals surface area (Å²) < 4.78 is 16.7. The van der Waals surface area contributed by atoms with Crippen LogP contribution in [0.5, 0.6) is 0 Å². The largest absolute Gasteiger partial charge is 0.462 e. The van der Waals surface area contributed by atoms with Gasteiger partial charge in [0, 0.05) is 19.3 Å². The van der Waals surface area contributed by atoms with Gasteiger partial charge in [-0.1, -0.05) is 226 Å². The number of ether oxygens (including phenoxy) is 3. The van der Waals surface area contributed by atoms with Crippen molar-refractivity contribution in [3.63, 3.8) is 0 Å². The lowest BCUT2D eigenvalue weighted by molar-refractivity contribution is -0.167. The van der Waals surface area contributed by atoms with Crippen LogP contribution >= 0.6 is 0 Å². The molecule has 66 heavy (non-hydrogen) atoms. The van der Waals surface area contributed by atoms with Crippen molar-refractivity contribution in [1.82, 2.24) is 0 Å². The highest BCUT2D eigenvalue weighted by Crippen LogP contribution is 2.12. The van der Waals surface area contributed by atoms with Gasteiger partial charge in [0.1, 0.15) is 13.2 Å². The molecule has 0 aromatic heterocycles. The predicted molar refractivity (Wildman–Crippen MR) is 283 cm³/mol. The first-order chi connectivity index (χ1) is 32.5. The Morgan fingerprint density at radius 1 is 0.333 bits per heavy atom. The van der Waals surface area contributed by atoms with Crippen molar-refractivity contribution in [1.29, 1.82) is 0 Å². The molecule has 0 spiro atoms. The first kappa shape index (κ1) is 62.1. The second kappa shape index (κ2) is 53.7. The zero-order valence-corrected chi connectivity index (χ0v) is 42.7. The van der Waals surface area contributed by atoms with E-state index in [4.69, 9.17) is 14.2 Å². The number of carbonyl (C=O) groups is 3. The number of carbonyl (C=O) groups excluding carboxylic acids is 3. The van der Waals surface area contributed by atoms with E-state index in [-0.39, 0.29) is 37.5 Å². The van der Waals surface area contributed by atoms with E-state index in [9.17, 15) is 14.4 Å². The third kappa shape index (κ3) is 51.1. The van der Waals surface area contributed by atoms with Crippen LogP contribution in [0.25, 0.3) is 0 Å². The SMILES string of the molecule is CC\C=C/C=C\C=C/C=C\CCCCCC(=O)OCC(COC(=O)CCCCCCC/C=C\C=C/CCCCCCCCC)OC(=O)CCC/C=C\C/C=C\C/C=C\CCCCCCCC. The molecule has 0 aromatic rings. The molecule has 0 radical (unpaired) electrons. The van der Waals surface area contributed by atoms with Crippen LogP contribution in [0.2, 0.25) is 0 Å². The molecule has 0 fully saturated rings. The van der Waals surface area contributed by atoms with Crippen molar-refractivity contribution in [2.24, 2.45) is 0 Å². The molecule has 374 valence electrons. The second-order valence-electron chi connectivity index (χ2n) is 17.5. The zero-order chi connectivity index (χ0) is 47.9. The van der Waals surface area contributed by atoms with E-state index in [1.54, 1.807) is 0 Å². The Bertz CT molecular complexity index is 1370. The number of rotatable bonds is 47. The molecule has 0 saturated heterocycles. The molecule has 0 saturated carbocycles. The van der Waals surface area contributed by atoms with Gasteiger partial charge in [0.15, 0.2) is 6.10 Å². The minimum absolute atomic E-state index is 0.121. The van der Waals surface area contributed by atoms with E-state index >= 15 is 0 Å². The summed E-state index contributed by atoms with van der Waals surface area (Å²) in [4.78, 5) is 38.0. The molecule has 0 rings (SSSR count). The Morgan fingerprint density at radius 3 is 1.14 bits per heavy atom. The molecular formula is C60H98O6. The first-order valence-corrected chi connectivity index (χ1v) is 27.0. The van der Waals surface area contributed by atoms with Gasteiger partial charge in [-0.15, -0.1) is 0 Å². The molecule has 1 unspecified atom stereocenters. The fourth-order valence-corrected chi connectivity index (χ4v) is 7.05. The molecular weight excluding hydrogens is 817 g/mol. The number of hydrogen-bond acceptors (Lipinski definition) is 6. The van der Waals surface area contributed by atoms with E-state index in [2.05, 4.69) is 93.7 Å². The van der Waals surface area contributed by atoms with Gasteiger partial charge < -0.3 is 14.2 Å². The average Bonchev–Trinajstić information content (AvgIpc) is 3.31. The van der Waals surface area contributed by atoms with Crippen molar-refractivity contribution < 1.29 is 28.6 Å². The fourth-order valence-electron chi connectivity index (χ4n) is 7.05. The van der Waals surface area contributed by atoms with Crippen molar-refractivity contribution in [3.8, 4) is 0 Å². The van der Waals surface area contributed by atoms with Gasteiger partial charge in [0.2, 0.25) is 0 Å². The Labute approximate surface area is 406 Å². The van der Waals surface area contributed by atoms with Crippen LogP contribution in [-0.4, -0.2) is 37.2 Å². The molecule has 0 aliphatic rings. The topological polar surface area (TPSA) is 78.9 Å². The summed E-state index contributed by atoms with van der Waals surface area (Å²) in [6.07, 6.45) is 72.3. The Kier molecular flexibility index (Phi) is 50.5. The van der Waals surface area contributed by atoms with Crippen LogP contribution in [0.3, 0.4) is 0 Å². The number of allylic oxidation sites excluding steroid dienone is 18. The molecule has 0 heterocycles. The lowest BCUT2D eigenvalue weighted by Gasteiger charge is -2.18. The molecule has 0 aromatic carbocycles. The fraction of sp³-hybridized carbons (Fsp3) is 0.650. The summed E-state index contributed by atoms with van der Waals surface area (Å²) in [5.41, 5.74) is 0. The first-order valence-electron chi connectivity index (χ1n) is 27.0. The highest BCUT2D eigenvalue weighted by atomic mass is 16.6. The molecule has 0 aliphatic heterocycles. The van der Waals surface area contributed by atoms with E-state index < -0.39 is 6.10 Å². The summed E-state index contributed by atoms with van der Waals surface area (Å²) >= 11 is 0. The van der Waals surface area contributed by atoms with Gasteiger partial charge in [-0.2, -0.15) is 0 Å². The van der Waals surface area contributed by atoms with Gasteiger partial charge in [-0.3, -0.25) is 14.4 Å². The normalized spacial score (nSPS) is 13.0. The smallest absolute Gasteiger partial charge is 0.306 e. The molecule has 0 bridgehead atoms. The van der Waals surface area contributed by atoms with E-state index in [1.807, 2.05) is 36.5 Å². The summed E-state index contributed by atoms with van der Waals surface area (Å²) in [6, 6.07) is 0. The Hall–Kier alpha value is -3.93. The van der Waals surface area contributed by atoms with E-state index in [0.29, 0.717) is 19.3 Å². The van der Waals surface area contributed by atoms with Gasteiger partial charge in [0.25, 0.3) is 0 Å². The minimum Gasteiger partial charge on any atom is -0.462 e. The van der Waals surface area contributed by atoms with Crippen LogP contribution < -0.4 is 0 Å². The van der Waals surface area contributed by atoms with Crippen LogP contribution in [-0.2, 0) is 28.6 Å². The molecule has 0 N–H and O–H groups in total. The maximum absolute atomic E-state index is 12.8. The lowest BCUT2D eigenvalue weighted by Crippen LogP contribution is -2.30. The Morgan fingerprint density at radius 2 is 0.667 bits per heavy atom. The van der Waals surface area contributed by atoms with Gasteiger partial charge in [-0.25, -0.2) is 0 Å². The molecule has 1 atom stereocenters. The van der Waals surface area contributed by atoms with E-state index in [1.165, 1.54) is 96.3 Å². The zero-order valence-electron chi connectivity index (χ0n) is 42.7. The number of unbranched alkanes of at least 4 members (excludes halogenated alkanes) is 22. The van der Waals surface area contributed by atoms with Crippen molar-refractivity contribution in [2.45, 2.75) is 239 Å². The minimum atomic E-state index is -0.829. The van der Waals surface area contributed by atoms with Gasteiger partial charge >= 0.3 is 17.9 Å². The van der Waals surface area contributed by atoms with Crippen molar-refractivity contribution >= 4 is 17.9 Å². The molecule has 6 heteroatoms. The predicted octanol–water partition coefficient (Wildman–Crippen LogP) is 17.9. The van der Waals surface area contributed by atoms with Gasteiger partial charge in [-0.05, 0) is 96.3 Å². The standard InChI is InChI=1S/C60H98O6/c1-4-7-10-13-16-19-22-25-27-29-31-32-35-38-41-44-47-50-53-59(62)65-56-57(55-64-58(61)52-49-46-43-40-37-34-24-21-18-15-12-9-6-3)66-60(63)54-51-48-45-42-39-36-33-30-28-26-23-20-17-14-11-8-5-2/h9,12,15,18,21,24,26-29,31-34,36-37,42,45,57H,4-8,10-11,13-14,16-17,19-20,22-23,25,30,35,38-41,43-44,46-56H2,1-3H3/b12-9-,18-15-,24-21-,28-26-,29-27-,32-31-,36-33-,37-34-,45-42-. The van der Waals surface area contributed by atoms with Crippen LogP contribution in [0.4, 0.5) is 0 Å². The highest BCUT2D eigenvalue weighted by molar-refractivity contribution is 5.71. The monoisotopic (exact) mass is 915 g/mol. The third-order valence-electron chi connectivity index (χ3n) is 11.1. The maximum atomic E-state index is 12.8. The average molecular weight is 915 g/mol. The highest BCUT2D eigenvalue weighted by Gasteiger charge is 2.19. The summed E-state index contributed by atoms with van der Waals surface area (Å²) in [7, 11) is 0. The van der Waals surface area contributed by atoms with Crippen LogP contribution in [0, 0.1) is 0 Å². The number of esters is 3. The van der Waals surface area contributed by atoms with E-state index in [0.717, 1.165) is 89.9 Å². The Balaban J connectivity index is 4.54. The quantitative estimate of drug-likeness (QED) is 0.0199. The lowest BCUT2D eigenvalue weighted by atomic mass is 10.1. The second-order valence-corrected chi connectivity index (χ2v) is 17.5.